The third kappa shape index (κ3) is 5.00. The standard InChI is InChI=1S/C19H25N3O4/c1-3-24-18-12-22(2)11-17(18)21-19(23)20-14-6-8-15(9-7-14)26-13-16-5-4-10-25-16/h4-10,17-18H,3,11-13H2,1-2H3,(H2,20,21,23)/t17-,18-/m1/s1. The third-order valence-corrected chi connectivity index (χ3v) is 4.22. The number of hydrogen-bond donors (Lipinski definition) is 2. The molecule has 0 radical (unpaired) electrons. The Kier molecular flexibility index (Phi) is 6.14. The minimum atomic E-state index is -0.237. The summed E-state index contributed by atoms with van der Waals surface area (Å²) in [6, 6.07) is 10.7. The molecule has 1 aromatic carbocycles. The van der Waals surface area contributed by atoms with Gasteiger partial charge in [-0.3, -0.25) is 0 Å². The summed E-state index contributed by atoms with van der Waals surface area (Å²) in [6.07, 6.45) is 1.64. The number of furan rings is 1. The quantitative estimate of drug-likeness (QED) is 0.795. The van der Waals surface area contributed by atoms with E-state index in [1.165, 1.54) is 0 Å². The molecule has 26 heavy (non-hydrogen) atoms. The van der Waals surface area contributed by atoms with E-state index in [0.717, 1.165) is 18.8 Å². The van der Waals surface area contributed by atoms with Crippen LogP contribution in [-0.2, 0) is 11.3 Å². The van der Waals surface area contributed by atoms with E-state index in [1.807, 2.05) is 38.2 Å². The number of urea groups is 1. The molecule has 0 bridgehead atoms. The minimum Gasteiger partial charge on any atom is -0.486 e. The molecule has 7 nitrogen and oxygen atoms in total. The van der Waals surface area contributed by atoms with Crippen LogP contribution in [0, 0.1) is 0 Å². The zero-order valence-electron chi connectivity index (χ0n) is 15.1. The van der Waals surface area contributed by atoms with E-state index in [1.54, 1.807) is 18.4 Å². The molecule has 2 N–H and O–H groups in total. The van der Waals surface area contributed by atoms with Crippen molar-refractivity contribution in [2.75, 3.05) is 32.1 Å². The van der Waals surface area contributed by atoms with Gasteiger partial charge < -0.3 is 29.4 Å². The summed E-state index contributed by atoms with van der Waals surface area (Å²) in [4.78, 5) is 14.4. The highest BCUT2D eigenvalue weighted by Crippen LogP contribution is 2.18. The number of nitrogens with zero attached hydrogens (tertiary/aromatic N) is 1. The fraction of sp³-hybridized carbons (Fsp3) is 0.421. The minimum absolute atomic E-state index is 0.0177. The average molecular weight is 359 g/mol. The summed E-state index contributed by atoms with van der Waals surface area (Å²) < 4.78 is 16.6. The molecule has 0 unspecified atom stereocenters. The summed E-state index contributed by atoms with van der Waals surface area (Å²) in [5.74, 6) is 1.47. The van der Waals surface area contributed by atoms with Crippen LogP contribution in [0.2, 0.25) is 0 Å². The fourth-order valence-corrected chi connectivity index (χ4v) is 3.00. The molecule has 7 heteroatoms. The van der Waals surface area contributed by atoms with Crippen molar-refractivity contribution in [1.82, 2.24) is 10.2 Å². The lowest BCUT2D eigenvalue weighted by atomic mass is 10.2. The largest absolute Gasteiger partial charge is 0.486 e. The van der Waals surface area contributed by atoms with Crippen molar-refractivity contribution in [3.05, 3.63) is 48.4 Å². The van der Waals surface area contributed by atoms with E-state index < -0.39 is 0 Å². The zero-order valence-corrected chi connectivity index (χ0v) is 15.1. The van der Waals surface area contributed by atoms with Crippen molar-refractivity contribution in [1.29, 1.82) is 0 Å². The van der Waals surface area contributed by atoms with Crippen LogP contribution < -0.4 is 15.4 Å². The van der Waals surface area contributed by atoms with Gasteiger partial charge in [0.1, 0.15) is 18.1 Å². The number of likely N-dealkylation sites (tertiary alicyclic amines) is 1. The van der Waals surface area contributed by atoms with Crippen molar-refractivity contribution in [2.45, 2.75) is 25.7 Å². The van der Waals surface area contributed by atoms with Gasteiger partial charge in [0.15, 0.2) is 0 Å². The normalized spacial score (nSPS) is 20.1. The Labute approximate surface area is 153 Å². The lowest BCUT2D eigenvalue weighted by Crippen LogP contribution is -2.45. The van der Waals surface area contributed by atoms with Crippen LogP contribution in [0.5, 0.6) is 5.75 Å². The molecule has 0 aliphatic carbocycles. The van der Waals surface area contributed by atoms with E-state index in [2.05, 4.69) is 15.5 Å². The maximum absolute atomic E-state index is 12.3. The van der Waals surface area contributed by atoms with Crippen molar-refractivity contribution in [2.24, 2.45) is 0 Å². The second kappa shape index (κ2) is 8.73. The van der Waals surface area contributed by atoms with E-state index in [4.69, 9.17) is 13.9 Å². The molecule has 1 fully saturated rings. The SMILES string of the molecule is CCO[C@@H]1CN(C)C[C@H]1NC(=O)Nc1ccc(OCc2ccco2)cc1. The van der Waals surface area contributed by atoms with Gasteiger partial charge in [-0.15, -0.1) is 0 Å². The van der Waals surface area contributed by atoms with Crippen LogP contribution in [-0.4, -0.2) is 49.8 Å². The summed E-state index contributed by atoms with van der Waals surface area (Å²) >= 11 is 0. The van der Waals surface area contributed by atoms with Gasteiger partial charge in [0.2, 0.25) is 0 Å². The van der Waals surface area contributed by atoms with Gasteiger partial charge >= 0.3 is 6.03 Å². The van der Waals surface area contributed by atoms with Crippen LogP contribution in [0.1, 0.15) is 12.7 Å². The lowest BCUT2D eigenvalue weighted by Gasteiger charge is -2.20. The molecule has 0 saturated carbocycles. The Morgan fingerprint density at radius 2 is 2.08 bits per heavy atom. The average Bonchev–Trinajstić information content (AvgIpc) is 3.25. The Morgan fingerprint density at radius 1 is 1.27 bits per heavy atom. The number of likely N-dealkylation sites (N-methyl/N-ethyl adjacent to an activating group) is 1. The molecule has 1 aromatic heterocycles. The molecule has 3 rings (SSSR count). The third-order valence-electron chi connectivity index (χ3n) is 4.22. The van der Waals surface area contributed by atoms with Crippen LogP contribution in [0.3, 0.4) is 0 Å². The molecule has 140 valence electrons. The number of hydrogen-bond acceptors (Lipinski definition) is 5. The van der Waals surface area contributed by atoms with Crippen LogP contribution >= 0.6 is 0 Å². The molecule has 0 spiro atoms. The predicted octanol–water partition coefficient (Wildman–Crippen LogP) is 2.70. The first kappa shape index (κ1) is 18.3. The second-order valence-corrected chi connectivity index (χ2v) is 6.31. The number of benzene rings is 1. The Hall–Kier alpha value is -2.51. The molecule has 2 heterocycles. The first-order chi connectivity index (χ1) is 12.6. The Bertz CT molecular complexity index is 687. The topological polar surface area (TPSA) is 76.0 Å². The summed E-state index contributed by atoms with van der Waals surface area (Å²) in [7, 11) is 2.02. The first-order valence-electron chi connectivity index (χ1n) is 8.77. The molecule has 1 saturated heterocycles. The van der Waals surface area contributed by atoms with Crippen molar-refractivity contribution in [3.8, 4) is 5.75 Å². The lowest BCUT2D eigenvalue weighted by molar-refractivity contribution is 0.0568. The number of carbonyl (C=O) groups excluding carboxylic acids is 1. The van der Waals surface area contributed by atoms with Crippen LogP contribution in [0.4, 0.5) is 10.5 Å². The highest BCUT2D eigenvalue weighted by molar-refractivity contribution is 5.89. The maximum Gasteiger partial charge on any atom is 0.319 e. The fourth-order valence-electron chi connectivity index (χ4n) is 3.00. The molecule has 2 aromatic rings. The smallest absolute Gasteiger partial charge is 0.319 e. The predicted molar refractivity (Wildman–Crippen MR) is 98.3 cm³/mol. The van der Waals surface area contributed by atoms with E-state index >= 15 is 0 Å². The highest BCUT2D eigenvalue weighted by Gasteiger charge is 2.32. The van der Waals surface area contributed by atoms with E-state index in [9.17, 15) is 4.79 Å². The molecule has 1 aliphatic rings. The zero-order chi connectivity index (χ0) is 18.4. The van der Waals surface area contributed by atoms with Gasteiger partial charge in [0, 0.05) is 25.4 Å². The number of amides is 2. The number of ether oxygens (including phenoxy) is 2. The van der Waals surface area contributed by atoms with E-state index in [-0.39, 0.29) is 18.2 Å². The van der Waals surface area contributed by atoms with Gasteiger partial charge in [-0.05, 0) is 50.4 Å². The summed E-state index contributed by atoms with van der Waals surface area (Å²) in [5, 5.41) is 5.84. The number of nitrogens with one attached hydrogen (secondary N) is 2. The first-order valence-corrected chi connectivity index (χ1v) is 8.77. The van der Waals surface area contributed by atoms with Crippen molar-refractivity contribution >= 4 is 11.7 Å². The van der Waals surface area contributed by atoms with Crippen LogP contribution in [0.25, 0.3) is 0 Å². The van der Waals surface area contributed by atoms with E-state index in [0.29, 0.717) is 24.7 Å². The number of rotatable bonds is 7. The highest BCUT2D eigenvalue weighted by atomic mass is 16.5. The van der Waals surface area contributed by atoms with Crippen LogP contribution in [0.15, 0.2) is 47.1 Å². The molecule has 2 atom stereocenters. The van der Waals surface area contributed by atoms with Gasteiger partial charge in [0.05, 0.1) is 18.4 Å². The van der Waals surface area contributed by atoms with Gasteiger partial charge in [-0.1, -0.05) is 0 Å². The molecular weight excluding hydrogens is 334 g/mol. The number of anilines is 1. The molecule has 2 amide bonds. The Balaban J connectivity index is 1.48. The molecular formula is C19H25N3O4. The van der Waals surface area contributed by atoms with Gasteiger partial charge in [0.25, 0.3) is 0 Å². The maximum atomic E-state index is 12.3. The summed E-state index contributed by atoms with van der Waals surface area (Å²) in [5.41, 5.74) is 0.701. The number of carbonyl (C=O) groups is 1. The summed E-state index contributed by atoms with van der Waals surface area (Å²) in [6.45, 7) is 4.56. The monoisotopic (exact) mass is 359 g/mol. The van der Waals surface area contributed by atoms with Crippen molar-refractivity contribution in [3.63, 3.8) is 0 Å². The van der Waals surface area contributed by atoms with Crippen molar-refractivity contribution < 1.29 is 18.7 Å². The Morgan fingerprint density at radius 3 is 2.77 bits per heavy atom. The van der Waals surface area contributed by atoms with Gasteiger partial charge in [-0.25, -0.2) is 4.79 Å². The molecule has 1 aliphatic heterocycles. The second-order valence-electron chi connectivity index (χ2n) is 6.31. The van der Waals surface area contributed by atoms with Gasteiger partial charge in [-0.2, -0.15) is 0 Å².